The Morgan fingerprint density at radius 2 is 1.96 bits per heavy atom. The van der Waals surface area contributed by atoms with E-state index in [2.05, 4.69) is 47.3 Å². The van der Waals surface area contributed by atoms with Crippen LogP contribution >= 0.6 is 0 Å². The first-order chi connectivity index (χ1) is 11.2. The SMILES string of the molecule is C=C/C=C(\C=C/C)n1c(-c2ccncc2)nc2ccc(C)cc21. The summed E-state index contributed by atoms with van der Waals surface area (Å²) in [5.74, 6) is 0.902. The van der Waals surface area contributed by atoms with Gasteiger partial charge in [-0.2, -0.15) is 0 Å². The zero-order valence-electron chi connectivity index (χ0n) is 13.4. The highest BCUT2D eigenvalue weighted by Gasteiger charge is 2.14. The molecule has 0 atom stereocenters. The van der Waals surface area contributed by atoms with Crippen molar-refractivity contribution in [3.8, 4) is 11.4 Å². The molecule has 0 aliphatic rings. The van der Waals surface area contributed by atoms with Gasteiger partial charge in [0.2, 0.25) is 0 Å². The van der Waals surface area contributed by atoms with E-state index in [1.165, 1.54) is 5.56 Å². The number of aromatic nitrogens is 3. The van der Waals surface area contributed by atoms with E-state index in [0.29, 0.717) is 0 Å². The molecule has 0 aliphatic heterocycles. The lowest BCUT2D eigenvalue weighted by molar-refractivity contribution is 1.14. The minimum atomic E-state index is 0.902. The molecule has 3 rings (SSSR count). The number of imidazole rings is 1. The summed E-state index contributed by atoms with van der Waals surface area (Å²) in [5.41, 5.74) is 5.33. The molecular weight excluding hydrogens is 282 g/mol. The average Bonchev–Trinajstić information content (AvgIpc) is 2.94. The highest BCUT2D eigenvalue weighted by molar-refractivity contribution is 5.87. The summed E-state index contributed by atoms with van der Waals surface area (Å²) in [7, 11) is 0. The Labute approximate surface area is 136 Å². The van der Waals surface area contributed by atoms with Crippen LogP contribution in [0.25, 0.3) is 28.1 Å². The van der Waals surface area contributed by atoms with Gasteiger partial charge < -0.3 is 0 Å². The topological polar surface area (TPSA) is 30.7 Å². The van der Waals surface area contributed by atoms with Gasteiger partial charge in [0.15, 0.2) is 0 Å². The lowest BCUT2D eigenvalue weighted by Gasteiger charge is -2.10. The normalized spacial score (nSPS) is 12.2. The summed E-state index contributed by atoms with van der Waals surface area (Å²) in [6.45, 7) is 7.94. The predicted molar refractivity (Wildman–Crippen MR) is 97.0 cm³/mol. The molecular formula is C20H19N3. The fourth-order valence-electron chi connectivity index (χ4n) is 2.64. The van der Waals surface area contributed by atoms with Gasteiger partial charge in [-0.15, -0.1) is 0 Å². The van der Waals surface area contributed by atoms with Gasteiger partial charge >= 0.3 is 0 Å². The third-order valence-corrected chi connectivity index (χ3v) is 3.63. The zero-order valence-corrected chi connectivity index (χ0v) is 13.4. The maximum atomic E-state index is 4.84. The number of pyridine rings is 1. The molecule has 3 nitrogen and oxygen atoms in total. The van der Waals surface area contributed by atoms with Crippen molar-refractivity contribution in [2.24, 2.45) is 0 Å². The minimum absolute atomic E-state index is 0.902. The van der Waals surface area contributed by atoms with Gasteiger partial charge in [-0.3, -0.25) is 9.55 Å². The molecule has 0 unspecified atom stereocenters. The number of nitrogens with zero attached hydrogens (tertiary/aromatic N) is 3. The molecule has 0 spiro atoms. The van der Waals surface area contributed by atoms with E-state index in [1.54, 1.807) is 18.5 Å². The smallest absolute Gasteiger partial charge is 0.145 e. The van der Waals surface area contributed by atoms with Crippen LogP contribution in [0.3, 0.4) is 0 Å². The van der Waals surface area contributed by atoms with Crippen LogP contribution < -0.4 is 0 Å². The minimum Gasteiger partial charge on any atom is -0.292 e. The number of aryl methyl sites for hydroxylation is 1. The Balaban J connectivity index is 2.38. The number of hydrogen-bond donors (Lipinski definition) is 0. The Bertz CT molecular complexity index is 899. The Kier molecular flexibility index (Phi) is 4.20. The number of benzene rings is 1. The van der Waals surface area contributed by atoms with Gasteiger partial charge in [0.05, 0.1) is 11.0 Å². The molecule has 0 saturated heterocycles. The third-order valence-electron chi connectivity index (χ3n) is 3.63. The van der Waals surface area contributed by atoms with E-state index < -0.39 is 0 Å². The van der Waals surface area contributed by atoms with E-state index in [9.17, 15) is 0 Å². The molecule has 0 saturated carbocycles. The first-order valence-electron chi connectivity index (χ1n) is 7.60. The van der Waals surface area contributed by atoms with E-state index in [0.717, 1.165) is 28.1 Å². The molecule has 2 aromatic heterocycles. The Morgan fingerprint density at radius 1 is 1.17 bits per heavy atom. The van der Waals surface area contributed by atoms with Gasteiger partial charge in [-0.05, 0) is 55.8 Å². The Morgan fingerprint density at radius 3 is 2.65 bits per heavy atom. The Hall–Kier alpha value is -2.94. The number of allylic oxidation sites excluding steroid dienone is 5. The van der Waals surface area contributed by atoms with Crippen LogP contribution in [0.1, 0.15) is 12.5 Å². The molecule has 3 aromatic rings. The van der Waals surface area contributed by atoms with Crippen LogP contribution in [0.2, 0.25) is 0 Å². The second kappa shape index (κ2) is 6.44. The molecule has 0 bridgehead atoms. The van der Waals surface area contributed by atoms with Crippen molar-refractivity contribution >= 4 is 16.7 Å². The molecule has 0 N–H and O–H groups in total. The van der Waals surface area contributed by atoms with Crippen LogP contribution in [0, 0.1) is 6.92 Å². The maximum Gasteiger partial charge on any atom is 0.145 e. The molecule has 0 amide bonds. The van der Waals surface area contributed by atoms with Crippen LogP contribution in [-0.4, -0.2) is 14.5 Å². The molecule has 0 aliphatic carbocycles. The van der Waals surface area contributed by atoms with Crippen molar-refractivity contribution in [1.82, 2.24) is 14.5 Å². The molecule has 2 heterocycles. The second-order valence-electron chi connectivity index (χ2n) is 5.33. The summed E-state index contributed by atoms with van der Waals surface area (Å²) < 4.78 is 2.17. The van der Waals surface area contributed by atoms with Crippen molar-refractivity contribution in [1.29, 1.82) is 0 Å². The number of fused-ring (bicyclic) bond motifs is 1. The van der Waals surface area contributed by atoms with Crippen molar-refractivity contribution in [2.75, 3.05) is 0 Å². The summed E-state index contributed by atoms with van der Waals surface area (Å²) in [5, 5.41) is 0. The fraction of sp³-hybridized carbons (Fsp3) is 0.100. The average molecular weight is 301 g/mol. The van der Waals surface area contributed by atoms with Crippen molar-refractivity contribution in [3.63, 3.8) is 0 Å². The highest BCUT2D eigenvalue weighted by Crippen LogP contribution is 2.29. The predicted octanol–water partition coefficient (Wildman–Crippen LogP) is 5.01. The van der Waals surface area contributed by atoms with Gasteiger partial charge in [0.25, 0.3) is 0 Å². The van der Waals surface area contributed by atoms with E-state index in [-0.39, 0.29) is 0 Å². The van der Waals surface area contributed by atoms with Gasteiger partial charge in [-0.25, -0.2) is 4.98 Å². The third kappa shape index (κ3) is 2.86. The van der Waals surface area contributed by atoms with Gasteiger partial charge in [0, 0.05) is 23.7 Å². The lowest BCUT2D eigenvalue weighted by atomic mass is 10.2. The first-order valence-corrected chi connectivity index (χ1v) is 7.60. The van der Waals surface area contributed by atoms with Crippen molar-refractivity contribution in [3.05, 3.63) is 79.2 Å². The first kappa shape index (κ1) is 15.0. The number of hydrogen-bond acceptors (Lipinski definition) is 2. The monoisotopic (exact) mass is 301 g/mol. The summed E-state index contributed by atoms with van der Waals surface area (Å²) in [4.78, 5) is 8.94. The molecule has 0 radical (unpaired) electrons. The molecule has 1 aromatic carbocycles. The summed E-state index contributed by atoms with van der Waals surface area (Å²) >= 11 is 0. The largest absolute Gasteiger partial charge is 0.292 e. The number of rotatable bonds is 4. The maximum absolute atomic E-state index is 4.84. The molecule has 3 heteroatoms. The van der Waals surface area contributed by atoms with Crippen LogP contribution in [0.5, 0.6) is 0 Å². The second-order valence-corrected chi connectivity index (χ2v) is 5.33. The van der Waals surface area contributed by atoms with Gasteiger partial charge in [-0.1, -0.05) is 24.8 Å². The summed E-state index contributed by atoms with van der Waals surface area (Å²) in [6, 6.07) is 10.3. The van der Waals surface area contributed by atoms with Crippen molar-refractivity contribution < 1.29 is 0 Å². The molecule has 0 fully saturated rings. The summed E-state index contributed by atoms with van der Waals surface area (Å²) in [6.07, 6.45) is 11.5. The highest BCUT2D eigenvalue weighted by atomic mass is 15.1. The van der Waals surface area contributed by atoms with Crippen LogP contribution in [-0.2, 0) is 0 Å². The van der Waals surface area contributed by atoms with E-state index in [1.807, 2.05) is 31.2 Å². The van der Waals surface area contributed by atoms with E-state index >= 15 is 0 Å². The standard InChI is InChI=1S/C20H19N3/c1-4-6-17(7-5-2)23-19-14-15(3)8-9-18(19)22-20(23)16-10-12-21-13-11-16/h4-14H,1H2,2-3H3/b7-5-,17-6+. The molecule has 23 heavy (non-hydrogen) atoms. The van der Waals surface area contributed by atoms with Crippen LogP contribution in [0.15, 0.2) is 73.6 Å². The fourth-order valence-corrected chi connectivity index (χ4v) is 2.64. The van der Waals surface area contributed by atoms with Gasteiger partial charge in [0.1, 0.15) is 5.82 Å². The zero-order chi connectivity index (χ0) is 16.2. The van der Waals surface area contributed by atoms with E-state index in [4.69, 9.17) is 4.98 Å². The van der Waals surface area contributed by atoms with Crippen LogP contribution in [0.4, 0.5) is 0 Å². The lowest BCUT2D eigenvalue weighted by Crippen LogP contribution is -1.98. The molecule has 114 valence electrons. The quantitative estimate of drug-likeness (QED) is 0.634. The van der Waals surface area contributed by atoms with Crippen molar-refractivity contribution in [2.45, 2.75) is 13.8 Å².